The fourth-order valence-electron chi connectivity index (χ4n) is 4.37. The zero-order valence-corrected chi connectivity index (χ0v) is 17.2. The topological polar surface area (TPSA) is 35.6 Å². The van der Waals surface area contributed by atoms with Crippen molar-refractivity contribution in [3.8, 4) is 0 Å². The van der Waals surface area contributed by atoms with Crippen LogP contribution in [0.5, 0.6) is 0 Å². The fourth-order valence-corrected chi connectivity index (χ4v) is 4.50. The first-order valence-corrected chi connectivity index (χ1v) is 10.6. The van der Waals surface area contributed by atoms with Crippen molar-refractivity contribution >= 4 is 23.2 Å². The van der Waals surface area contributed by atoms with Crippen LogP contribution in [0.15, 0.2) is 42.5 Å². The summed E-state index contributed by atoms with van der Waals surface area (Å²) in [6, 6.07) is 14.1. The second kappa shape index (κ2) is 8.54. The minimum atomic E-state index is -0.0421. The highest BCUT2D eigenvalue weighted by molar-refractivity contribution is 6.30. The summed E-state index contributed by atoms with van der Waals surface area (Å²) in [5.74, 6) is -0.0421. The molecule has 1 amide bonds. The molecule has 0 unspecified atom stereocenters. The first-order chi connectivity index (χ1) is 13.6. The van der Waals surface area contributed by atoms with Gasteiger partial charge in [0.25, 0.3) is 5.91 Å². The standard InChI is InChI=1S/C23H28ClN3O/c1-26-14-11-19-15-18(7-10-21(19)26)22(27-12-3-2-4-13-27)16-25-23(28)17-5-8-20(24)9-6-17/h5-10,15,22H,2-4,11-14,16H2,1H3,(H,25,28)/t22-/m1/s1. The highest BCUT2D eigenvalue weighted by Crippen LogP contribution is 2.32. The molecule has 2 aliphatic rings. The molecule has 2 aromatic rings. The van der Waals surface area contributed by atoms with Gasteiger partial charge in [-0.15, -0.1) is 0 Å². The van der Waals surface area contributed by atoms with Crippen LogP contribution in [-0.4, -0.2) is 44.0 Å². The molecule has 4 nitrogen and oxygen atoms in total. The van der Waals surface area contributed by atoms with Gasteiger partial charge in [0.2, 0.25) is 0 Å². The van der Waals surface area contributed by atoms with Crippen LogP contribution in [0.25, 0.3) is 0 Å². The zero-order valence-electron chi connectivity index (χ0n) is 16.5. The first-order valence-electron chi connectivity index (χ1n) is 10.2. The number of benzene rings is 2. The van der Waals surface area contributed by atoms with E-state index in [1.54, 1.807) is 24.3 Å². The summed E-state index contributed by atoms with van der Waals surface area (Å²) >= 11 is 5.94. The Labute approximate surface area is 172 Å². The van der Waals surface area contributed by atoms with E-state index in [0.717, 1.165) is 26.1 Å². The summed E-state index contributed by atoms with van der Waals surface area (Å²) in [7, 11) is 2.15. The third-order valence-corrected chi connectivity index (χ3v) is 6.26. The Morgan fingerprint density at radius 1 is 1.07 bits per heavy atom. The largest absolute Gasteiger partial charge is 0.374 e. The Balaban J connectivity index is 1.52. The van der Waals surface area contributed by atoms with Crippen molar-refractivity contribution in [3.63, 3.8) is 0 Å². The third kappa shape index (κ3) is 4.18. The molecule has 0 spiro atoms. The number of nitrogens with zero attached hydrogens (tertiary/aromatic N) is 2. The second-order valence-corrected chi connectivity index (χ2v) is 8.33. The van der Waals surface area contributed by atoms with Gasteiger partial charge in [-0.05, 0) is 73.8 Å². The summed E-state index contributed by atoms with van der Waals surface area (Å²) < 4.78 is 0. The van der Waals surface area contributed by atoms with E-state index in [1.807, 2.05) is 0 Å². The lowest BCUT2D eigenvalue weighted by Gasteiger charge is -2.35. The molecular formula is C23H28ClN3O. The van der Waals surface area contributed by atoms with Crippen LogP contribution in [0.3, 0.4) is 0 Å². The average molecular weight is 398 g/mol. The van der Waals surface area contributed by atoms with Crippen LogP contribution in [0.2, 0.25) is 5.02 Å². The number of likely N-dealkylation sites (N-methyl/N-ethyl adjacent to an activating group) is 1. The second-order valence-electron chi connectivity index (χ2n) is 7.89. The maximum atomic E-state index is 12.6. The normalized spacial score (nSPS) is 18.0. The Hall–Kier alpha value is -2.04. The van der Waals surface area contributed by atoms with Gasteiger partial charge >= 0.3 is 0 Å². The number of likely N-dealkylation sites (tertiary alicyclic amines) is 1. The van der Waals surface area contributed by atoms with Crippen molar-refractivity contribution in [2.45, 2.75) is 31.7 Å². The lowest BCUT2D eigenvalue weighted by molar-refractivity contribution is 0.0924. The lowest BCUT2D eigenvalue weighted by Crippen LogP contribution is -2.40. The van der Waals surface area contributed by atoms with Gasteiger partial charge in [-0.1, -0.05) is 30.2 Å². The number of hydrogen-bond acceptors (Lipinski definition) is 3. The van der Waals surface area contributed by atoms with Crippen LogP contribution in [0.1, 0.15) is 46.8 Å². The van der Waals surface area contributed by atoms with Gasteiger partial charge in [-0.25, -0.2) is 0 Å². The zero-order chi connectivity index (χ0) is 19.5. The summed E-state index contributed by atoms with van der Waals surface area (Å²) in [6.07, 6.45) is 4.86. The molecule has 2 heterocycles. The minimum absolute atomic E-state index is 0.0421. The lowest BCUT2D eigenvalue weighted by atomic mass is 9.98. The minimum Gasteiger partial charge on any atom is -0.374 e. The number of fused-ring (bicyclic) bond motifs is 1. The highest BCUT2D eigenvalue weighted by atomic mass is 35.5. The predicted molar refractivity (Wildman–Crippen MR) is 115 cm³/mol. The molecule has 148 valence electrons. The molecule has 0 bridgehead atoms. The molecular weight excluding hydrogens is 370 g/mol. The molecule has 2 aliphatic heterocycles. The third-order valence-electron chi connectivity index (χ3n) is 6.01. The SMILES string of the molecule is CN1CCc2cc([C@@H](CNC(=O)c3ccc(Cl)cc3)N3CCCCC3)ccc21. The number of rotatable bonds is 5. The molecule has 1 N–H and O–H groups in total. The smallest absolute Gasteiger partial charge is 0.251 e. The average Bonchev–Trinajstić information content (AvgIpc) is 3.10. The van der Waals surface area contributed by atoms with E-state index in [9.17, 15) is 4.79 Å². The highest BCUT2D eigenvalue weighted by Gasteiger charge is 2.25. The molecule has 0 radical (unpaired) electrons. The molecule has 0 aliphatic carbocycles. The number of carbonyl (C=O) groups excluding carboxylic acids is 1. The van der Waals surface area contributed by atoms with E-state index in [-0.39, 0.29) is 11.9 Å². The van der Waals surface area contributed by atoms with E-state index in [2.05, 4.69) is 40.4 Å². The molecule has 28 heavy (non-hydrogen) atoms. The maximum absolute atomic E-state index is 12.6. The quantitative estimate of drug-likeness (QED) is 0.817. The molecule has 0 saturated carbocycles. The van der Waals surface area contributed by atoms with E-state index in [1.165, 1.54) is 36.1 Å². The van der Waals surface area contributed by atoms with Gasteiger partial charge in [0.15, 0.2) is 0 Å². The summed E-state index contributed by atoms with van der Waals surface area (Å²) in [5.41, 5.74) is 4.72. The Morgan fingerprint density at radius 3 is 2.57 bits per heavy atom. The van der Waals surface area contributed by atoms with Crippen molar-refractivity contribution < 1.29 is 4.79 Å². The van der Waals surface area contributed by atoms with Crippen molar-refractivity contribution in [3.05, 3.63) is 64.2 Å². The number of hydrogen-bond donors (Lipinski definition) is 1. The Morgan fingerprint density at radius 2 is 1.82 bits per heavy atom. The van der Waals surface area contributed by atoms with E-state index in [0.29, 0.717) is 17.1 Å². The van der Waals surface area contributed by atoms with E-state index in [4.69, 9.17) is 11.6 Å². The summed E-state index contributed by atoms with van der Waals surface area (Å²) in [4.78, 5) is 17.5. The van der Waals surface area contributed by atoms with Gasteiger partial charge in [-0.2, -0.15) is 0 Å². The van der Waals surface area contributed by atoms with Crippen LogP contribution < -0.4 is 10.2 Å². The number of anilines is 1. The Bertz CT molecular complexity index is 830. The maximum Gasteiger partial charge on any atom is 0.251 e. The number of carbonyl (C=O) groups is 1. The van der Waals surface area contributed by atoms with Crippen LogP contribution in [0, 0.1) is 0 Å². The van der Waals surface area contributed by atoms with Gasteiger partial charge in [0.1, 0.15) is 0 Å². The van der Waals surface area contributed by atoms with Crippen LogP contribution >= 0.6 is 11.6 Å². The van der Waals surface area contributed by atoms with Gasteiger partial charge < -0.3 is 10.2 Å². The molecule has 0 aromatic heterocycles. The molecule has 4 rings (SSSR count). The van der Waals surface area contributed by atoms with E-state index >= 15 is 0 Å². The van der Waals surface area contributed by atoms with Gasteiger partial charge in [-0.3, -0.25) is 9.69 Å². The summed E-state index contributed by atoms with van der Waals surface area (Å²) in [6.45, 7) is 3.90. The Kier molecular flexibility index (Phi) is 5.88. The van der Waals surface area contributed by atoms with Crippen molar-refractivity contribution in [2.24, 2.45) is 0 Å². The van der Waals surface area contributed by atoms with Gasteiger partial charge in [0, 0.05) is 36.4 Å². The number of amides is 1. The van der Waals surface area contributed by atoms with Gasteiger partial charge in [0.05, 0.1) is 6.04 Å². The van der Waals surface area contributed by atoms with Crippen molar-refractivity contribution in [1.82, 2.24) is 10.2 Å². The fraction of sp³-hybridized carbons (Fsp3) is 0.435. The first kappa shape index (κ1) is 19.3. The molecule has 2 aromatic carbocycles. The van der Waals surface area contributed by atoms with Crippen LogP contribution in [-0.2, 0) is 6.42 Å². The van der Waals surface area contributed by atoms with Crippen molar-refractivity contribution in [2.75, 3.05) is 38.1 Å². The molecule has 1 fully saturated rings. The monoisotopic (exact) mass is 397 g/mol. The molecule has 1 saturated heterocycles. The number of nitrogens with one attached hydrogen (secondary N) is 1. The molecule has 5 heteroatoms. The summed E-state index contributed by atoms with van der Waals surface area (Å²) in [5, 5.41) is 3.80. The number of halogens is 1. The van der Waals surface area contributed by atoms with E-state index < -0.39 is 0 Å². The predicted octanol–water partition coefficient (Wildman–Crippen LogP) is 4.29. The van der Waals surface area contributed by atoms with Crippen molar-refractivity contribution in [1.29, 1.82) is 0 Å². The van der Waals surface area contributed by atoms with Crippen LogP contribution in [0.4, 0.5) is 5.69 Å². The number of piperidine rings is 1. The molecule has 1 atom stereocenters.